The fourth-order valence-corrected chi connectivity index (χ4v) is 4.89. The molecular formula is C26H30ClN5O3S. The number of nitrogens with zero attached hydrogens (tertiary/aromatic N) is 3. The fraction of sp³-hybridized carbons (Fsp3) is 0.385. The molecule has 10 heteroatoms. The zero-order valence-electron chi connectivity index (χ0n) is 20.3. The Morgan fingerprint density at radius 2 is 1.97 bits per heavy atom. The summed E-state index contributed by atoms with van der Waals surface area (Å²) in [5.74, 6) is 1.59. The molecule has 5 rings (SSSR count). The Kier molecular flexibility index (Phi) is 8.23. The van der Waals surface area contributed by atoms with E-state index >= 15 is 0 Å². The summed E-state index contributed by atoms with van der Waals surface area (Å²) in [6, 6.07) is 13.3. The summed E-state index contributed by atoms with van der Waals surface area (Å²) < 4.78 is 6.26. The van der Waals surface area contributed by atoms with Crippen LogP contribution in [0.15, 0.2) is 42.5 Å². The van der Waals surface area contributed by atoms with Crippen LogP contribution in [0, 0.1) is 0 Å². The lowest BCUT2D eigenvalue weighted by atomic mass is 10.1. The lowest BCUT2D eigenvalue weighted by Gasteiger charge is -2.28. The minimum absolute atomic E-state index is 0. The van der Waals surface area contributed by atoms with Crippen LogP contribution in [-0.4, -0.2) is 52.6 Å². The minimum Gasteiger partial charge on any atom is -0.457 e. The highest BCUT2D eigenvalue weighted by Gasteiger charge is 2.24. The first-order valence-corrected chi connectivity index (χ1v) is 12.8. The van der Waals surface area contributed by atoms with Gasteiger partial charge in [0.15, 0.2) is 0 Å². The number of hydrogen-bond acceptors (Lipinski definition) is 7. The quantitative estimate of drug-likeness (QED) is 0.451. The topological polar surface area (TPSA) is 96.4 Å². The number of amides is 2. The Bertz CT molecular complexity index is 1230. The summed E-state index contributed by atoms with van der Waals surface area (Å²) in [6.45, 7) is 6.97. The van der Waals surface area contributed by atoms with E-state index in [-0.39, 0.29) is 30.3 Å². The molecule has 3 heterocycles. The number of likely N-dealkylation sites (tertiary alicyclic amines) is 1. The van der Waals surface area contributed by atoms with Gasteiger partial charge in [-0.25, -0.2) is 0 Å². The van der Waals surface area contributed by atoms with Gasteiger partial charge in [-0.1, -0.05) is 31.3 Å². The number of carbonyl (C=O) groups is 2. The maximum atomic E-state index is 12.7. The molecule has 2 aromatic carbocycles. The summed E-state index contributed by atoms with van der Waals surface area (Å²) in [5, 5.41) is 16.6. The van der Waals surface area contributed by atoms with Crippen molar-refractivity contribution >= 4 is 35.6 Å². The number of rotatable bonds is 8. The number of hydrogen-bond donors (Lipinski definition) is 2. The van der Waals surface area contributed by atoms with Gasteiger partial charge in [0.1, 0.15) is 21.5 Å². The monoisotopic (exact) mass is 527 g/mol. The number of halogens is 1. The first-order chi connectivity index (χ1) is 17.0. The Morgan fingerprint density at radius 1 is 1.19 bits per heavy atom. The molecular weight excluding hydrogens is 498 g/mol. The lowest BCUT2D eigenvalue weighted by molar-refractivity contribution is -0.128. The largest absolute Gasteiger partial charge is 0.457 e. The molecule has 0 unspecified atom stereocenters. The van der Waals surface area contributed by atoms with Crippen molar-refractivity contribution in [1.29, 1.82) is 0 Å². The van der Waals surface area contributed by atoms with Crippen LogP contribution in [0.2, 0.25) is 0 Å². The SMILES string of the molecule is CC(C)c1nnc(-c2ccc(Oc3cc(C(=O)NC4CNC4)ccc3CN3CCCC3=O)cc2)s1.Cl. The molecule has 0 radical (unpaired) electrons. The average molecular weight is 528 g/mol. The molecule has 0 spiro atoms. The van der Waals surface area contributed by atoms with Gasteiger partial charge in [0.2, 0.25) is 5.91 Å². The van der Waals surface area contributed by atoms with E-state index in [1.54, 1.807) is 23.5 Å². The van der Waals surface area contributed by atoms with Crippen molar-refractivity contribution in [3.05, 3.63) is 58.6 Å². The van der Waals surface area contributed by atoms with E-state index < -0.39 is 0 Å². The molecule has 2 saturated heterocycles. The van der Waals surface area contributed by atoms with E-state index in [0.29, 0.717) is 35.9 Å². The molecule has 1 aromatic heterocycles. The molecule has 36 heavy (non-hydrogen) atoms. The van der Waals surface area contributed by atoms with Crippen molar-refractivity contribution in [2.75, 3.05) is 19.6 Å². The van der Waals surface area contributed by atoms with Gasteiger partial charge in [-0.05, 0) is 42.8 Å². The zero-order chi connectivity index (χ0) is 24.4. The second kappa shape index (κ2) is 11.4. The van der Waals surface area contributed by atoms with Crippen molar-refractivity contribution in [2.24, 2.45) is 0 Å². The second-order valence-electron chi connectivity index (χ2n) is 9.30. The highest BCUT2D eigenvalue weighted by molar-refractivity contribution is 7.14. The Labute approximate surface area is 220 Å². The summed E-state index contributed by atoms with van der Waals surface area (Å²) in [6.07, 6.45) is 1.45. The highest BCUT2D eigenvalue weighted by Crippen LogP contribution is 2.32. The maximum absolute atomic E-state index is 12.7. The third-order valence-corrected chi connectivity index (χ3v) is 7.52. The molecule has 3 aromatic rings. The molecule has 2 fully saturated rings. The fourth-order valence-electron chi connectivity index (χ4n) is 4.03. The Balaban J connectivity index is 0.00000304. The standard InChI is InChI=1S/C26H29N5O3S.ClH/c1-16(2)25-29-30-26(35-25)17-7-9-21(10-8-17)34-22-12-18(24(33)28-20-13-27-14-20)5-6-19(22)15-31-11-3-4-23(31)32;/h5-10,12,16,20,27H,3-4,11,13-15H2,1-2H3,(H,28,33);1H. The highest BCUT2D eigenvalue weighted by atomic mass is 35.5. The maximum Gasteiger partial charge on any atom is 0.251 e. The van der Waals surface area contributed by atoms with Gasteiger partial charge < -0.3 is 20.3 Å². The van der Waals surface area contributed by atoms with Crippen LogP contribution in [0.1, 0.15) is 53.5 Å². The van der Waals surface area contributed by atoms with Crippen molar-refractivity contribution in [2.45, 2.75) is 45.2 Å². The summed E-state index contributed by atoms with van der Waals surface area (Å²) in [5.41, 5.74) is 2.39. The molecule has 8 nitrogen and oxygen atoms in total. The second-order valence-corrected chi connectivity index (χ2v) is 10.3. The normalized spacial score (nSPS) is 15.5. The van der Waals surface area contributed by atoms with Gasteiger partial charge in [0.05, 0.1) is 6.04 Å². The lowest BCUT2D eigenvalue weighted by Crippen LogP contribution is -2.56. The van der Waals surface area contributed by atoms with Crippen LogP contribution in [0.4, 0.5) is 0 Å². The van der Waals surface area contributed by atoms with Crippen LogP contribution in [0.3, 0.4) is 0 Å². The molecule has 0 atom stereocenters. The van der Waals surface area contributed by atoms with Gasteiger partial charge in [0, 0.05) is 55.2 Å². The van der Waals surface area contributed by atoms with E-state index in [0.717, 1.165) is 47.2 Å². The van der Waals surface area contributed by atoms with E-state index in [4.69, 9.17) is 4.74 Å². The summed E-state index contributed by atoms with van der Waals surface area (Å²) >= 11 is 1.59. The Morgan fingerprint density at radius 3 is 2.58 bits per heavy atom. The molecule has 190 valence electrons. The van der Waals surface area contributed by atoms with Gasteiger partial charge in [-0.3, -0.25) is 9.59 Å². The van der Waals surface area contributed by atoms with Gasteiger partial charge in [-0.2, -0.15) is 0 Å². The minimum atomic E-state index is -0.127. The molecule has 2 amide bonds. The first kappa shape index (κ1) is 26.1. The molecule has 0 aliphatic carbocycles. The first-order valence-electron chi connectivity index (χ1n) is 12.0. The van der Waals surface area contributed by atoms with E-state index in [1.807, 2.05) is 35.2 Å². The number of benzene rings is 2. The zero-order valence-corrected chi connectivity index (χ0v) is 22.0. The third kappa shape index (κ3) is 5.86. The molecule has 2 aliphatic rings. The van der Waals surface area contributed by atoms with Crippen LogP contribution in [0.5, 0.6) is 11.5 Å². The Hall–Kier alpha value is -3.01. The summed E-state index contributed by atoms with van der Waals surface area (Å²) in [7, 11) is 0. The molecule has 0 bridgehead atoms. The predicted molar refractivity (Wildman–Crippen MR) is 142 cm³/mol. The molecule has 0 saturated carbocycles. The van der Waals surface area contributed by atoms with E-state index in [2.05, 4.69) is 34.7 Å². The van der Waals surface area contributed by atoms with Gasteiger partial charge >= 0.3 is 0 Å². The number of carbonyl (C=O) groups excluding carboxylic acids is 2. The smallest absolute Gasteiger partial charge is 0.251 e. The number of aromatic nitrogens is 2. The van der Waals surface area contributed by atoms with Crippen molar-refractivity contribution in [1.82, 2.24) is 25.7 Å². The third-order valence-electron chi connectivity index (χ3n) is 6.24. The van der Waals surface area contributed by atoms with Crippen molar-refractivity contribution < 1.29 is 14.3 Å². The van der Waals surface area contributed by atoms with Crippen LogP contribution in [0.25, 0.3) is 10.6 Å². The molecule has 2 N–H and O–H groups in total. The predicted octanol–water partition coefficient (Wildman–Crippen LogP) is 4.37. The van der Waals surface area contributed by atoms with Gasteiger partial charge in [-0.15, -0.1) is 22.6 Å². The van der Waals surface area contributed by atoms with Crippen molar-refractivity contribution in [3.63, 3.8) is 0 Å². The number of nitrogens with one attached hydrogen (secondary N) is 2. The van der Waals surface area contributed by atoms with Crippen molar-refractivity contribution in [3.8, 4) is 22.1 Å². The average Bonchev–Trinajstić information content (AvgIpc) is 3.47. The van der Waals surface area contributed by atoms with Crippen LogP contribution < -0.4 is 15.4 Å². The van der Waals surface area contributed by atoms with E-state index in [1.165, 1.54) is 0 Å². The van der Waals surface area contributed by atoms with Crippen LogP contribution in [-0.2, 0) is 11.3 Å². The van der Waals surface area contributed by atoms with Crippen LogP contribution >= 0.6 is 23.7 Å². The number of ether oxygens (including phenoxy) is 1. The summed E-state index contributed by atoms with van der Waals surface area (Å²) in [4.78, 5) is 26.8. The van der Waals surface area contributed by atoms with E-state index in [9.17, 15) is 9.59 Å². The van der Waals surface area contributed by atoms with Gasteiger partial charge in [0.25, 0.3) is 5.91 Å². The molecule has 2 aliphatic heterocycles.